The lowest BCUT2D eigenvalue weighted by atomic mass is 10.1. The average molecular weight is 218 g/mol. The minimum Gasteiger partial charge on any atom is -0.399 e. The summed E-state index contributed by atoms with van der Waals surface area (Å²) >= 11 is 0. The third-order valence-electron chi connectivity index (χ3n) is 3.00. The highest BCUT2D eigenvalue weighted by molar-refractivity contribution is 5.65. The predicted molar refractivity (Wildman–Crippen MR) is 67.0 cm³/mol. The predicted octanol–water partition coefficient (Wildman–Crippen LogP) is 1.88. The van der Waals surface area contributed by atoms with Crippen molar-refractivity contribution in [2.24, 2.45) is 0 Å². The molecule has 2 N–H and O–H groups in total. The number of hydrogen-bond acceptors (Lipinski definition) is 3. The van der Waals surface area contributed by atoms with Crippen LogP contribution in [0, 0.1) is 6.92 Å². The van der Waals surface area contributed by atoms with Crippen LogP contribution in [0.25, 0.3) is 5.70 Å². The molecule has 0 spiro atoms. The van der Waals surface area contributed by atoms with E-state index in [1.54, 1.807) is 0 Å². The van der Waals surface area contributed by atoms with Gasteiger partial charge in [-0.1, -0.05) is 12.6 Å². The Bertz CT molecular complexity index is 395. The van der Waals surface area contributed by atoms with Gasteiger partial charge in [-0.2, -0.15) is 0 Å². The molecule has 0 aromatic heterocycles. The molecule has 1 heterocycles. The van der Waals surface area contributed by atoms with Gasteiger partial charge in [0.1, 0.15) is 0 Å². The summed E-state index contributed by atoms with van der Waals surface area (Å²) in [5.41, 5.74) is 9.95. The van der Waals surface area contributed by atoms with E-state index in [9.17, 15) is 0 Å². The summed E-state index contributed by atoms with van der Waals surface area (Å²) in [6.45, 7) is 9.58. The Kier molecular flexibility index (Phi) is 3.15. The normalized spacial score (nSPS) is 16.2. The lowest BCUT2D eigenvalue weighted by Crippen LogP contribution is -2.34. The van der Waals surface area contributed by atoms with E-state index in [-0.39, 0.29) is 0 Å². The molecule has 1 aliphatic rings. The van der Waals surface area contributed by atoms with Gasteiger partial charge in [0.05, 0.1) is 13.2 Å². The number of hydrogen-bond donors (Lipinski definition) is 1. The maximum atomic E-state index is 5.80. The molecule has 2 rings (SSSR count). The minimum absolute atomic E-state index is 0.785. The zero-order valence-electron chi connectivity index (χ0n) is 9.70. The summed E-state index contributed by atoms with van der Waals surface area (Å²) in [7, 11) is 0. The number of benzene rings is 1. The molecular formula is C13H18N2O. The van der Waals surface area contributed by atoms with Crippen molar-refractivity contribution in [1.29, 1.82) is 0 Å². The third-order valence-corrected chi connectivity index (χ3v) is 3.00. The van der Waals surface area contributed by atoms with E-state index in [1.165, 1.54) is 0 Å². The van der Waals surface area contributed by atoms with Crippen LogP contribution in [0.1, 0.15) is 11.1 Å². The molecule has 3 heteroatoms. The minimum atomic E-state index is 0.785. The lowest BCUT2D eigenvalue weighted by Gasteiger charge is -2.30. The first-order chi connectivity index (χ1) is 7.68. The molecule has 86 valence electrons. The molecule has 0 radical (unpaired) electrons. The molecule has 16 heavy (non-hydrogen) atoms. The van der Waals surface area contributed by atoms with Crippen LogP contribution < -0.4 is 5.73 Å². The van der Waals surface area contributed by atoms with Crippen LogP contribution in [0.4, 0.5) is 5.69 Å². The smallest absolute Gasteiger partial charge is 0.0642 e. The molecule has 1 aromatic rings. The number of morpholine rings is 1. The molecule has 0 atom stereocenters. The average Bonchev–Trinajstić information content (AvgIpc) is 2.33. The van der Waals surface area contributed by atoms with Crippen molar-refractivity contribution in [3.63, 3.8) is 0 Å². The van der Waals surface area contributed by atoms with Crippen LogP contribution in [0.2, 0.25) is 0 Å². The van der Waals surface area contributed by atoms with Gasteiger partial charge in [-0.05, 0) is 30.2 Å². The Morgan fingerprint density at radius 2 is 2.06 bits per heavy atom. The third kappa shape index (κ3) is 2.19. The Morgan fingerprint density at radius 1 is 1.38 bits per heavy atom. The van der Waals surface area contributed by atoms with Crippen LogP contribution in [0.15, 0.2) is 24.8 Å². The summed E-state index contributed by atoms with van der Waals surface area (Å²) in [5.74, 6) is 0. The summed E-state index contributed by atoms with van der Waals surface area (Å²) in [4.78, 5) is 2.26. The van der Waals surface area contributed by atoms with Gasteiger partial charge >= 0.3 is 0 Å². The molecule has 0 bridgehead atoms. The molecule has 1 fully saturated rings. The summed E-state index contributed by atoms with van der Waals surface area (Å²) in [6, 6.07) is 6.06. The molecule has 1 saturated heterocycles. The van der Waals surface area contributed by atoms with Gasteiger partial charge in [-0.25, -0.2) is 0 Å². The van der Waals surface area contributed by atoms with E-state index >= 15 is 0 Å². The Hall–Kier alpha value is -1.48. The van der Waals surface area contributed by atoms with E-state index in [4.69, 9.17) is 10.5 Å². The number of aryl methyl sites for hydroxylation is 1. The molecule has 0 amide bonds. The zero-order valence-corrected chi connectivity index (χ0v) is 9.70. The van der Waals surface area contributed by atoms with Crippen LogP contribution in [0.5, 0.6) is 0 Å². The van der Waals surface area contributed by atoms with Gasteiger partial charge in [0.15, 0.2) is 0 Å². The second kappa shape index (κ2) is 4.58. The number of rotatable bonds is 2. The standard InChI is InChI=1S/C13H18N2O/c1-10-9-12(3-4-13(10)14)11(2)15-5-7-16-8-6-15/h3-4,9H,2,5-8,14H2,1H3. The van der Waals surface area contributed by atoms with Crippen molar-refractivity contribution < 1.29 is 4.74 Å². The highest BCUT2D eigenvalue weighted by atomic mass is 16.5. The fraction of sp³-hybridized carbons (Fsp3) is 0.385. The van der Waals surface area contributed by atoms with Crippen molar-refractivity contribution in [3.8, 4) is 0 Å². The first-order valence-corrected chi connectivity index (χ1v) is 5.56. The van der Waals surface area contributed by atoms with E-state index < -0.39 is 0 Å². The lowest BCUT2D eigenvalue weighted by molar-refractivity contribution is 0.0641. The number of nitrogens with zero attached hydrogens (tertiary/aromatic N) is 1. The Balaban J connectivity index is 2.16. The number of nitrogen functional groups attached to an aromatic ring is 1. The first-order valence-electron chi connectivity index (χ1n) is 5.56. The van der Waals surface area contributed by atoms with E-state index in [0.29, 0.717) is 0 Å². The van der Waals surface area contributed by atoms with Crippen molar-refractivity contribution in [3.05, 3.63) is 35.9 Å². The van der Waals surface area contributed by atoms with Gasteiger partial charge in [-0.3, -0.25) is 0 Å². The van der Waals surface area contributed by atoms with Crippen LogP contribution in [0.3, 0.4) is 0 Å². The van der Waals surface area contributed by atoms with Crippen molar-refractivity contribution >= 4 is 11.4 Å². The quantitative estimate of drug-likeness (QED) is 0.770. The fourth-order valence-electron chi connectivity index (χ4n) is 1.87. The van der Waals surface area contributed by atoms with E-state index in [2.05, 4.69) is 17.5 Å². The number of anilines is 1. The molecular weight excluding hydrogens is 200 g/mol. The molecule has 0 unspecified atom stereocenters. The maximum Gasteiger partial charge on any atom is 0.0642 e. The Morgan fingerprint density at radius 3 is 2.69 bits per heavy atom. The second-order valence-electron chi connectivity index (χ2n) is 4.12. The van der Waals surface area contributed by atoms with Gasteiger partial charge in [0, 0.05) is 24.5 Å². The molecule has 1 aromatic carbocycles. The summed E-state index contributed by atoms with van der Waals surface area (Å²) < 4.78 is 5.33. The monoisotopic (exact) mass is 218 g/mol. The number of nitrogens with two attached hydrogens (primary N) is 1. The molecule has 1 aliphatic heterocycles. The largest absolute Gasteiger partial charge is 0.399 e. The molecule has 0 saturated carbocycles. The summed E-state index contributed by atoms with van der Waals surface area (Å²) in [6.07, 6.45) is 0. The highest BCUT2D eigenvalue weighted by Gasteiger charge is 2.13. The van der Waals surface area contributed by atoms with Gasteiger partial charge in [-0.15, -0.1) is 0 Å². The summed E-state index contributed by atoms with van der Waals surface area (Å²) in [5, 5.41) is 0. The van der Waals surface area contributed by atoms with Gasteiger partial charge < -0.3 is 15.4 Å². The number of ether oxygens (including phenoxy) is 1. The zero-order chi connectivity index (χ0) is 11.5. The van der Waals surface area contributed by atoms with Gasteiger partial charge in [0.25, 0.3) is 0 Å². The van der Waals surface area contributed by atoms with E-state index in [0.717, 1.165) is 48.8 Å². The maximum absolute atomic E-state index is 5.80. The Labute approximate surface area is 96.5 Å². The second-order valence-corrected chi connectivity index (χ2v) is 4.12. The van der Waals surface area contributed by atoms with Crippen LogP contribution >= 0.6 is 0 Å². The van der Waals surface area contributed by atoms with Crippen molar-refractivity contribution in [2.75, 3.05) is 32.0 Å². The van der Waals surface area contributed by atoms with E-state index in [1.807, 2.05) is 19.1 Å². The molecule has 3 nitrogen and oxygen atoms in total. The van der Waals surface area contributed by atoms with Gasteiger partial charge in [0.2, 0.25) is 0 Å². The fourth-order valence-corrected chi connectivity index (χ4v) is 1.87. The first kappa shape index (κ1) is 11.0. The molecule has 0 aliphatic carbocycles. The van der Waals surface area contributed by atoms with Crippen molar-refractivity contribution in [1.82, 2.24) is 4.90 Å². The van der Waals surface area contributed by atoms with Crippen LogP contribution in [-0.4, -0.2) is 31.2 Å². The SMILES string of the molecule is C=C(c1ccc(N)c(C)c1)N1CCOCC1. The van der Waals surface area contributed by atoms with Crippen LogP contribution in [-0.2, 0) is 4.74 Å². The topological polar surface area (TPSA) is 38.5 Å². The van der Waals surface area contributed by atoms with Crippen molar-refractivity contribution in [2.45, 2.75) is 6.92 Å². The highest BCUT2D eigenvalue weighted by Crippen LogP contribution is 2.22.